The summed E-state index contributed by atoms with van der Waals surface area (Å²) in [6, 6.07) is 0. The third kappa shape index (κ3) is 30.5. The quantitative estimate of drug-likeness (QED) is 0.0266. The second kappa shape index (κ2) is 39.6. The molecule has 1 saturated heterocycles. The van der Waals surface area contributed by atoms with Gasteiger partial charge in [-0.2, -0.15) is 0 Å². The molecule has 58 heavy (non-hydrogen) atoms. The molecule has 1 rings (SSSR count). The van der Waals surface area contributed by atoms with Crippen LogP contribution >= 0.6 is 0 Å². The Morgan fingerprint density at radius 3 is 1.34 bits per heavy atom. The van der Waals surface area contributed by atoms with Gasteiger partial charge in [0.2, 0.25) is 0 Å². The molecule has 1 fully saturated rings. The topological polar surface area (TPSA) is 152 Å². The number of carbonyl (C=O) groups excluding carboxylic acids is 2. The fraction of sp³-hybridized carbons (Fsp3) is 0.917. The molecule has 0 aromatic carbocycles. The van der Waals surface area contributed by atoms with E-state index in [1.165, 1.54) is 154 Å². The van der Waals surface area contributed by atoms with Gasteiger partial charge in [0.05, 0.1) is 13.2 Å². The molecular weight excluding hydrogens is 737 g/mol. The van der Waals surface area contributed by atoms with E-state index in [0.717, 1.165) is 38.5 Å². The van der Waals surface area contributed by atoms with E-state index in [9.17, 15) is 30.0 Å². The van der Waals surface area contributed by atoms with Crippen LogP contribution in [0.5, 0.6) is 0 Å². The van der Waals surface area contributed by atoms with Gasteiger partial charge in [-0.1, -0.05) is 187 Å². The third-order valence-corrected chi connectivity index (χ3v) is 11.4. The first-order valence-electron chi connectivity index (χ1n) is 24.3. The van der Waals surface area contributed by atoms with E-state index in [0.29, 0.717) is 6.42 Å². The Morgan fingerprint density at radius 2 is 0.914 bits per heavy atom. The summed E-state index contributed by atoms with van der Waals surface area (Å²) in [5.41, 5.74) is 0. The van der Waals surface area contributed by atoms with Crippen molar-refractivity contribution in [2.75, 3.05) is 19.8 Å². The van der Waals surface area contributed by atoms with Gasteiger partial charge in [-0.15, -0.1) is 0 Å². The molecule has 10 heteroatoms. The summed E-state index contributed by atoms with van der Waals surface area (Å²) in [6.07, 6.45) is 35.1. The third-order valence-electron chi connectivity index (χ3n) is 11.4. The van der Waals surface area contributed by atoms with Crippen molar-refractivity contribution in [3.05, 3.63) is 12.2 Å². The monoisotopic (exact) mass is 827 g/mol. The molecular formula is C48H90O10. The van der Waals surface area contributed by atoms with Crippen LogP contribution in [0.3, 0.4) is 0 Å². The first-order chi connectivity index (χ1) is 28.3. The molecule has 0 spiro atoms. The minimum Gasteiger partial charge on any atom is -0.462 e. The van der Waals surface area contributed by atoms with Gasteiger partial charge in [0.15, 0.2) is 12.4 Å². The van der Waals surface area contributed by atoms with E-state index < -0.39 is 49.4 Å². The minimum absolute atomic E-state index is 0.212. The summed E-state index contributed by atoms with van der Waals surface area (Å²) in [5, 5.41) is 40.1. The average Bonchev–Trinajstić information content (AvgIpc) is 3.22. The fourth-order valence-electron chi connectivity index (χ4n) is 7.54. The zero-order chi connectivity index (χ0) is 42.3. The van der Waals surface area contributed by atoms with Crippen LogP contribution in [0.1, 0.15) is 226 Å². The van der Waals surface area contributed by atoms with E-state index in [4.69, 9.17) is 18.9 Å². The number of rotatable bonds is 41. The SMILES string of the molecule is CCCCCCCC/C=C/CCCCCCCCCCCCCC(=O)OC[C@@H](CO[C@H]1O[C@@H](CO)[C@@H](O)C(O)C1O)OC(=O)CCCCCCCCCCCCCC. The van der Waals surface area contributed by atoms with Gasteiger partial charge in [0, 0.05) is 12.8 Å². The van der Waals surface area contributed by atoms with Crippen molar-refractivity contribution in [1.29, 1.82) is 0 Å². The number of hydrogen-bond acceptors (Lipinski definition) is 10. The normalized spacial score (nSPS) is 20.1. The molecule has 2 unspecified atom stereocenters. The Bertz CT molecular complexity index is 959. The Kier molecular flexibility index (Phi) is 37.2. The van der Waals surface area contributed by atoms with E-state index in [2.05, 4.69) is 26.0 Å². The Labute approximate surface area is 354 Å². The van der Waals surface area contributed by atoms with Crippen LogP contribution in [0.4, 0.5) is 0 Å². The number of hydrogen-bond donors (Lipinski definition) is 4. The lowest BCUT2D eigenvalue weighted by molar-refractivity contribution is -0.305. The van der Waals surface area contributed by atoms with Crippen LogP contribution in [0.2, 0.25) is 0 Å². The van der Waals surface area contributed by atoms with Gasteiger partial charge < -0.3 is 39.4 Å². The number of carbonyl (C=O) groups is 2. The van der Waals surface area contributed by atoms with Crippen molar-refractivity contribution < 1.29 is 49.0 Å². The predicted molar refractivity (Wildman–Crippen MR) is 233 cm³/mol. The zero-order valence-corrected chi connectivity index (χ0v) is 37.3. The summed E-state index contributed by atoms with van der Waals surface area (Å²) in [4.78, 5) is 25.3. The summed E-state index contributed by atoms with van der Waals surface area (Å²) in [7, 11) is 0. The minimum atomic E-state index is -1.59. The number of aliphatic hydroxyl groups excluding tert-OH is 4. The number of ether oxygens (including phenoxy) is 4. The molecule has 0 bridgehead atoms. The van der Waals surface area contributed by atoms with Gasteiger partial charge >= 0.3 is 11.9 Å². The highest BCUT2D eigenvalue weighted by Gasteiger charge is 2.44. The summed E-state index contributed by atoms with van der Waals surface area (Å²) in [6.45, 7) is 3.44. The van der Waals surface area contributed by atoms with Gasteiger partial charge in [-0.3, -0.25) is 9.59 Å². The van der Waals surface area contributed by atoms with Crippen LogP contribution in [0.15, 0.2) is 12.2 Å². The maximum absolute atomic E-state index is 12.8. The molecule has 0 radical (unpaired) electrons. The highest BCUT2D eigenvalue weighted by molar-refractivity contribution is 5.70. The lowest BCUT2D eigenvalue weighted by Gasteiger charge is -2.39. The standard InChI is InChI=1S/C48H90O10/c1-3-5-7-9-11-13-15-17-18-19-20-21-22-23-24-25-27-28-30-32-34-36-43(50)55-39-41(40-56-48-47(54)46(53)45(52)42(38-49)58-48)57-44(51)37-35-33-31-29-26-16-14-12-10-8-6-4-2/h17-18,41-42,45-49,52-54H,3-16,19-40H2,1-2H3/b18-17+/t41-,42-,45+,46?,47?,48-/m0/s1. The van der Waals surface area contributed by atoms with Gasteiger partial charge in [0.25, 0.3) is 0 Å². The molecule has 0 aromatic heterocycles. The number of aliphatic hydroxyl groups is 4. The van der Waals surface area contributed by atoms with Crippen molar-refractivity contribution >= 4 is 11.9 Å². The van der Waals surface area contributed by atoms with Crippen LogP contribution in [0, 0.1) is 0 Å². The molecule has 0 aromatic rings. The summed E-state index contributed by atoms with van der Waals surface area (Å²) in [5.74, 6) is -0.796. The van der Waals surface area contributed by atoms with Crippen LogP contribution < -0.4 is 0 Å². The van der Waals surface area contributed by atoms with Gasteiger partial charge in [-0.25, -0.2) is 0 Å². The summed E-state index contributed by atoms with van der Waals surface area (Å²) < 4.78 is 22.2. The fourth-order valence-corrected chi connectivity index (χ4v) is 7.54. The molecule has 0 saturated carbocycles. The second-order valence-corrected chi connectivity index (χ2v) is 16.9. The van der Waals surface area contributed by atoms with Crippen molar-refractivity contribution in [2.45, 2.75) is 263 Å². The number of unbranched alkanes of at least 4 members (excludes halogenated alkanes) is 28. The highest BCUT2D eigenvalue weighted by atomic mass is 16.7. The van der Waals surface area contributed by atoms with Gasteiger partial charge in [-0.05, 0) is 38.5 Å². The van der Waals surface area contributed by atoms with Crippen LogP contribution in [0.25, 0.3) is 0 Å². The zero-order valence-electron chi connectivity index (χ0n) is 37.3. The number of esters is 2. The molecule has 0 amide bonds. The lowest BCUT2D eigenvalue weighted by Crippen LogP contribution is -2.59. The second-order valence-electron chi connectivity index (χ2n) is 16.9. The van der Waals surface area contributed by atoms with Gasteiger partial charge in [0.1, 0.15) is 31.0 Å². The van der Waals surface area contributed by atoms with Crippen molar-refractivity contribution in [3.8, 4) is 0 Å². The number of allylic oxidation sites excluding steroid dienone is 2. The summed E-state index contributed by atoms with van der Waals surface area (Å²) >= 11 is 0. The molecule has 1 heterocycles. The molecule has 1 aliphatic rings. The maximum atomic E-state index is 12.8. The smallest absolute Gasteiger partial charge is 0.306 e. The Balaban J connectivity index is 2.24. The lowest BCUT2D eigenvalue weighted by atomic mass is 9.99. The maximum Gasteiger partial charge on any atom is 0.306 e. The van der Waals surface area contributed by atoms with E-state index >= 15 is 0 Å². The highest BCUT2D eigenvalue weighted by Crippen LogP contribution is 2.23. The molecule has 0 aliphatic carbocycles. The average molecular weight is 827 g/mol. The molecule has 4 N–H and O–H groups in total. The van der Waals surface area contributed by atoms with E-state index in [-0.39, 0.29) is 32.0 Å². The first-order valence-corrected chi connectivity index (χ1v) is 24.3. The predicted octanol–water partition coefficient (Wildman–Crippen LogP) is 10.7. The molecule has 10 nitrogen and oxygen atoms in total. The van der Waals surface area contributed by atoms with Crippen molar-refractivity contribution in [3.63, 3.8) is 0 Å². The van der Waals surface area contributed by atoms with Crippen molar-refractivity contribution in [1.82, 2.24) is 0 Å². The van der Waals surface area contributed by atoms with Crippen molar-refractivity contribution in [2.24, 2.45) is 0 Å². The van der Waals surface area contributed by atoms with Crippen LogP contribution in [-0.4, -0.2) is 89.0 Å². The van der Waals surface area contributed by atoms with E-state index in [1.807, 2.05) is 0 Å². The molecule has 342 valence electrons. The van der Waals surface area contributed by atoms with Crippen LogP contribution in [-0.2, 0) is 28.5 Å². The Morgan fingerprint density at radius 1 is 0.517 bits per heavy atom. The molecule has 1 aliphatic heterocycles. The first kappa shape index (κ1) is 54.5. The van der Waals surface area contributed by atoms with E-state index in [1.54, 1.807) is 0 Å². The Hall–Kier alpha value is -1.56. The molecule has 6 atom stereocenters. The largest absolute Gasteiger partial charge is 0.462 e.